The van der Waals surface area contributed by atoms with E-state index in [1.165, 1.54) is 6.33 Å². The molecule has 5 nitrogen and oxygen atoms in total. The Morgan fingerprint density at radius 3 is 2.89 bits per heavy atom. The number of aliphatic hydroxyl groups is 1. The number of aliphatic hydroxyl groups excluding tert-OH is 1. The predicted molar refractivity (Wildman–Crippen MR) is 73.9 cm³/mol. The van der Waals surface area contributed by atoms with Crippen LogP contribution in [-0.2, 0) is 6.61 Å². The number of aryl methyl sites for hydroxylation is 1. The summed E-state index contributed by atoms with van der Waals surface area (Å²) in [5, 5.41) is 10.1. The number of benzene rings is 1. The molecule has 0 aliphatic rings. The van der Waals surface area contributed by atoms with Gasteiger partial charge in [-0.15, -0.1) is 0 Å². The monoisotopic (exact) mass is 254 g/mol. The molecule has 3 N–H and O–H groups in total. The van der Waals surface area contributed by atoms with Crippen LogP contribution in [0.25, 0.3) is 16.7 Å². The first-order valence-electron chi connectivity index (χ1n) is 5.98. The number of nitrogen functional groups attached to an aromatic ring is 1. The van der Waals surface area contributed by atoms with Crippen LogP contribution in [0.1, 0.15) is 11.1 Å². The first-order valence-corrected chi connectivity index (χ1v) is 5.98. The van der Waals surface area contributed by atoms with Crippen molar-refractivity contribution in [1.82, 2.24) is 14.5 Å². The van der Waals surface area contributed by atoms with Gasteiger partial charge in [0.15, 0.2) is 0 Å². The second-order valence-corrected chi connectivity index (χ2v) is 4.52. The Bertz CT molecular complexity index is 748. The minimum absolute atomic E-state index is 0.0189. The highest BCUT2D eigenvalue weighted by molar-refractivity contribution is 5.87. The van der Waals surface area contributed by atoms with Gasteiger partial charge in [0.05, 0.1) is 12.0 Å². The molecule has 96 valence electrons. The summed E-state index contributed by atoms with van der Waals surface area (Å²) in [4.78, 5) is 8.25. The van der Waals surface area contributed by atoms with Crippen molar-refractivity contribution in [2.45, 2.75) is 13.5 Å². The Balaban J connectivity index is 2.25. The summed E-state index contributed by atoms with van der Waals surface area (Å²) in [5.74, 6) is 0.471. The van der Waals surface area contributed by atoms with Crippen LogP contribution in [0.2, 0.25) is 0 Å². The number of nitrogens with two attached hydrogens (primary N) is 1. The fourth-order valence-electron chi connectivity index (χ4n) is 2.25. The Labute approximate surface area is 110 Å². The Morgan fingerprint density at radius 1 is 1.26 bits per heavy atom. The third kappa shape index (κ3) is 1.94. The quantitative estimate of drug-likeness (QED) is 0.731. The molecule has 0 saturated carbocycles. The molecule has 1 aromatic carbocycles. The topological polar surface area (TPSA) is 77.0 Å². The molecule has 0 unspecified atom stereocenters. The molecule has 0 bridgehead atoms. The fraction of sp³-hybridized carbons (Fsp3) is 0.143. The van der Waals surface area contributed by atoms with Gasteiger partial charge in [-0.25, -0.2) is 9.97 Å². The van der Waals surface area contributed by atoms with Crippen molar-refractivity contribution in [1.29, 1.82) is 0 Å². The van der Waals surface area contributed by atoms with Gasteiger partial charge in [0, 0.05) is 11.9 Å². The van der Waals surface area contributed by atoms with Gasteiger partial charge in [-0.05, 0) is 36.2 Å². The van der Waals surface area contributed by atoms with Crippen molar-refractivity contribution in [2.75, 3.05) is 5.73 Å². The standard InChI is InChI=1S/C14H14N4O/c1-9-4-10(7-19)6-11(5-9)18-3-2-12-13(15)16-8-17-14(12)18/h2-6,8,19H,7H2,1H3,(H2,15,16,17). The van der Waals surface area contributed by atoms with Crippen LogP contribution in [0.15, 0.2) is 36.8 Å². The molecule has 5 heteroatoms. The first-order chi connectivity index (χ1) is 9.19. The van der Waals surface area contributed by atoms with E-state index in [0.29, 0.717) is 5.82 Å². The van der Waals surface area contributed by atoms with Crippen LogP contribution < -0.4 is 5.73 Å². The van der Waals surface area contributed by atoms with Crippen molar-refractivity contribution in [2.24, 2.45) is 0 Å². The summed E-state index contributed by atoms with van der Waals surface area (Å²) in [6, 6.07) is 7.83. The van der Waals surface area contributed by atoms with E-state index in [-0.39, 0.29) is 6.61 Å². The van der Waals surface area contributed by atoms with Crippen LogP contribution >= 0.6 is 0 Å². The maximum absolute atomic E-state index is 9.29. The molecule has 0 aliphatic heterocycles. The second kappa shape index (κ2) is 4.37. The fourth-order valence-corrected chi connectivity index (χ4v) is 2.25. The largest absolute Gasteiger partial charge is 0.392 e. The summed E-state index contributed by atoms with van der Waals surface area (Å²) in [6.45, 7) is 2.02. The Hall–Kier alpha value is -2.40. The summed E-state index contributed by atoms with van der Waals surface area (Å²) in [6.07, 6.45) is 3.36. The number of aromatic nitrogens is 3. The van der Waals surface area contributed by atoms with Gasteiger partial charge in [-0.1, -0.05) is 6.07 Å². The van der Waals surface area contributed by atoms with Gasteiger partial charge in [-0.2, -0.15) is 0 Å². The van der Waals surface area contributed by atoms with E-state index >= 15 is 0 Å². The molecule has 0 saturated heterocycles. The third-order valence-electron chi connectivity index (χ3n) is 3.09. The Kier molecular flexibility index (Phi) is 2.68. The maximum atomic E-state index is 9.29. The average Bonchev–Trinajstić information content (AvgIpc) is 2.83. The molecule has 0 radical (unpaired) electrons. The van der Waals surface area contributed by atoms with Gasteiger partial charge in [0.1, 0.15) is 17.8 Å². The van der Waals surface area contributed by atoms with Crippen LogP contribution in [0.4, 0.5) is 5.82 Å². The van der Waals surface area contributed by atoms with Gasteiger partial charge in [0.2, 0.25) is 0 Å². The van der Waals surface area contributed by atoms with Gasteiger partial charge >= 0.3 is 0 Å². The third-order valence-corrected chi connectivity index (χ3v) is 3.09. The molecule has 3 rings (SSSR count). The highest BCUT2D eigenvalue weighted by atomic mass is 16.3. The number of rotatable bonds is 2. The lowest BCUT2D eigenvalue weighted by Gasteiger charge is -2.08. The highest BCUT2D eigenvalue weighted by Crippen LogP contribution is 2.23. The smallest absolute Gasteiger partial charge is 0.150 e. The van der Waals surface area contributed by atoms with Crippen molar-refractivity contribution in [3.63, 3.8) is 0 Å². The normalized spacial score (nSPS) is 11.1. The van der Waals surface area contributed by atoms with Crippen molar-refractivity contribution in [3.8, 4) is 5.69 Å². The zero-order chi connectivity index (χ0) is 13.4. The lowest BCUT2D eigenvalue weighted by molar-refractivity contribution is 0.281. The van der Waals surface area contributed by atoms with Crippen molar-refractivity contribution < 1.29 is 5.11 Å². The zero-order valence-electron chi connectivity index (χ0n) is 10.5. The number of hydrogen-bond donors (Lipinski definition) is 2. The van der Waals surface area contributed by atoms with E-state index < -0.39 is 0 Å². The molecular formula is C14H14N4O. The lowest BCUT2D eigenvalue weighted by Crippen LogP contribution is -1.98. The lowest BCUT2D eigenvalue weighted by atomic mass is 10.1. The minimum Gasteiger partial charge on any atom is -0.392 e. The molecule has 0 fully saturated rings. The summed E-state index contributed by atoms with van der Waals surface area (Å²) < 4.78 is 1.94. The highest BCUT2D eigenvalue weighted by Gasteiger charge is 2.08. The zero-order valence-corrected chi connectivity index (χ0v) is 10.5. The number of fused-ring (bicyclic) bond motifs is 1. The SMILES string of the molecule is Cc1cc(CO)cc(-n2ccc3c(N)ncnc32)c1. The maximum Gasteiger partial charge on any atom is 0.150 e. The molecule has 0 spiro atoms. The molecule has 0 aliphatic carbocycles. The summed E-state index contributed by atoms with van der Waals surface area (Å²) in [5.41, 5.74) is 9.51. The number of hydrogen-bond acceptors (Lipinski definition) is 4. The number of anilines is 1. The van der Waals surface area contributed by atoms with E-state index in [9.17, 15) is 5.11 Å². The van der Waals surface area contributed by atoms with E-state index in [0.717, 1.165) is 27.8 Å². The van der Waals surface area contributed by atoms with E-state index in [1.807, 2.05) is 42.0 Å². The van der Waals surface area contributed by atoms with Gasteiger partial charge in [0.25, 0.3) is 0 Å². The van der Waals surface area contributed by atoms with Crippen molar-refractivity contribution in [3.05, 3.63) is 47.9 Å². The molecular weight excluding hydrogens is 240 g/mol. The Morgan fingerprint density at radius 2 is 2.11 bits per heavy atom. The molecule has 3 aromatic rings. The van der Waals surface area contributed by atoms with Crippen LogP contribution in [0, 0.1) is 6.92 Å². The number of nitrogens with zero attached hydrogens (tertiary/aromatic N) is 3. The molecule has 0 atom stereocenters. The van der Waals surface area contributed by atoms with Gasteiger partial charge in [-0.3, -0.25) is 0 Å². The van der Waals surface area contributed by atoms with E-state index in [4.69, 9.17) is 5.73 Å². The molecule has 19 heavy (non-hydrogen) atoms. The van der Waals surface area contributed by atoms with Crippen molar-refractivity contribution >= 4 is 16.9 Å². The first kappa shape index (κ1) is 11.7. The molecule has 2 aromatic heterocycles. The van der Waals surface area contributed by atoms with Crippen LogP contribution in [0.3, 0.4) is 0 Å². The van der Waals surface area contributed by atoms with Crippen LogP contribution in [0.5, 0.6) is 0 Å². The second-order valence-electron chi connectivity index (χ2n) is 4.52. The summed E-state index contributed by atoms with van der Waals surface area (Å²) >= 11 is 0. The average molecular weight is 254 g/mol. The van der Waals surface area contributed by atoms with Gasteiger partial charge < -0.3 is 15.4 Å². The van der Waals surface area contributed by atoms with Crippen LogP contribution in [-0.4, -0.2) is 19.6 Å². The predicted octanol–water partition coefficient (Wildman–Crippen LogP) is 1.80. The minimum atomic E-state index is 0.0189. The van der Waals surface area contributed by atoms with E-state index in [2.05, 4.69) is 9.97 Å². The molecule has 0 amide bonds. The van der Waals surface area contributed by atoms with E-state index in [1.54, 1.807) is 0 Å². The summed E-state index contributed by atoms with van der Waals surface area (Å²) in [7, 11) is 0. The molecule has 2 heterocycles.